The molecule has 0 amide bonds. The molecule has 8 heteroatoms. The number of nitrogen functional groups attached to an aromatic ring is 1. The molecule has 8 nitrogen and oxygen atoms in total. The molecule has 3 rings (SSSR count). The lowest BCUT2D eigenvalue weighted by atomic mass is 9.79. The van der Waals surface area contributed by atoms with Gasteiger partial charge in [0.05, 0.1) is 24.1 Å². The molecule has 1 aromatic carbocycles. The first-order valence-electron chi connectivity index (χ1n) is 9.12. The highest BCUT2D eigenvalue weighted by molar-refractivity contribution is 5.96. The number of anilines is 1. The van der Waals surface area contributed by atoms with Gasteiger partial charge < -0.3 is 10.5 Å². The Labute approximate surface area is 169 Å². The average Bonchev–Trinajstić information content (AvgIpc) is 2.96. The van der Waals surface area contributed by atoms with E-state index in [0.717, 1.165) is 10.2 Å². The second-order valence-electron chi connectivity index (χ2n) is 7.97. The van der Waals surface area contributed by atoms with Crippen LogP contribution >= 0.6 is 0 Å². The first-order valence-corrected chi connectivity index (χ1v) is 9.12. The Bertz CT molecular complexity index is 1150. The molecule has 0 bridgehead atoms. The molecule has 29 heavy (non-hydrogen) atoms. The number of benzene rings is 1. The molecule has 2 N–H and O–H groups in total. The van der Waals surface area contributed by atoms with Crippen molar-refractivity contribution in [3.8, 4) is 6.07 Å². The SMILES string of the molecule is [C-]#[N+]C1=C(C)N=C(C)C(C#N)C1c1ccc2c(c1)c(N)nn2C(=O)OC(C)(C)C. The van der Waals surface area contributed by atoms with Crippen LogP contribution in [0.1, 0.15) is 46.1 Å². The molecule has 2 atom stereocenters. The fraction of sp³-hybridized carbons (Fsp3) is 0.381. The predicted molar refractivity (Wildman–Crippen MR) is 110 cm³/mol. The highest BCUT2D eigenvalue weighted by atomic mass is 16.6. The number of aromatic nitrogens is 2. The number of aliphatic imine (C=N–C) groups is 1. The van der Waals surface area contributed by atoms with Crippen molar-refractivity contribution in [2.45, 2.75) is 46.1 Å². The number of fused-ring (bicyclic) bond motifs is 1. The summed E-state index contributed by atoms with van der Waals surface area (Å²) in [6.07, 6.45) is -0.625. The van der Waals surface area contributed by atoms with Crippen molar-refractivity contribution in [2.75, 3.05) is 5.73 Å². The van der Waals surface area contributed by atoms with Crippen LogP contribution in [0, 0.1) is 23.8 Å². The smallest absolute Gasteiger partial charge is 0.435 e. The number of nitriles is 1. The van der Waals surface area contributed by atoms with Crippen LogP contribution in [0.2, 0.25) is 0 Å². The zero-order valence-electron chi connectivity index (χ0n) is 17.0. The highest BCUT2D eigenvalue weighted by Gasteiger charge is 2.35. The van der Waals surface area contributed by atoms with Crippen molar-refractivity contribution in [3.05, 3.63) is 46.6 Å². The summed E-state index contributed by atoms with van der Waals surface area (Å²) in [7, 11) is 0. The van der Waals surface area contributed by atoms with Gasteiger partial charge in [-0.15, -0.1) is 5.10 Å². The lowest BCUT2D eigenvalue weighted by Crippen LogP contribution is -2.27. The number of nitrogens with zero attached hydrogens (tertiary/aromatic N) is 5. The molecule has 0 spiro atoms. The van der Waals surface area contributed by atoms with Gasteiger partial charge in [-0.1, -0.05) is 6.07 Å². The summed E-state index contributed by atoms with van der Waals surface area (Å²) in [6.45, 7) is 16.4. The molecule has 0 radical (unpaired) electrons. The Morgan fingerprint density at radius 1 is 1.38 bits per heavy atom. The van der Waals surface area contributed by atoms with Gasteiger partial charge in [0.25, 0.3) is 0 Å². The third-order valence-corrected chi connectivity index (χ3v) is 4.71. The van der Waals surface area contributed by atoms with E-state index in [1.165, 1.54) is 0 Å². The fourth-order valence-corrected chi connectivity index (χ4v) is 3.48. The monoisotopic (exact) mass is 390 g/mol. The molecule has 1 aliphatic rings. The normalized spacial score (nSPS) is 19.5. The number of ether oxygens (including phenoxy) is 1. The summed E-state index contributed by atoms with van der Waals surface area (Å²) >= 11 is 0. The standard InChI is InChI=1S/C21H22N6O2/c1-11-15(10-22)17(18(24-6)12(2)25-11)13-7-8-16-14(9-13)19(23)26-27(16)20(28)29-21(3,4)5/h7-9,15,17H,1-5H3,(H2,23,26). The molecule has 0 saturated heterocycles. The summed E-state index contributed by atoms with van der Waals surface area (Å²) < 4.78 is 6.52. The van der Waals surface area contributed by atoms with Crippen molar-refractivity contribution in [2.24, 2.45) is 10.9 Å². The number of hydrogen-bond acceptors (Lipinski definition) is 6. The van der Waals surface area contributed by atoms with Gasteiger partial charge >= 0.3 is 6.09 Å². The Balaban J connectivity index is 2.13. The molecule has 0 saturated carbocycles. The van der Waals surface area contributed by atoms with E-state index in [1.807, 2.05) is 0 Å². The van der Waals surface area contributed by atoms with E-state index >= 15 is 0 Å². The molecule has 0 fully saturated rings. The first kappa shape index (κ1) is 20.1. The first-order chi connectivity index (χ1) is 13.6. The second-order valence-corrected chi connectivity index (χ2v) is 7.97. The minimum absolute atomic E-state index is 0.174. The van der Waals surface area contributed by atoms with E-state index in [2.05, 4.69) is 21.0 Å². The fourth-order valence-electron chi connectivity index (χ4n) is 3.48. The van der Waals surface area contributed by atoms with E-state index in [1.54, 1.807) is 52.8 Å². The van der Waals surface area contributed by atoms with Gasteiger partial charge in [0.15, 0.2) is 11.5 Å². The molecular formula is C21H22N6O2. The van der Waals surface area contributed by atoms with Gasteiger partial charge in [-0.3, -0.25) is 4.99 Å². The maximum absolute atomic E-state index is 12.5. The number of allylic oxidation sites excluding steroid dienone is 2. The zero-order chi connectivity index (χ0) is 21.5. The zero-order valence-corrected chi connectivity index (χ0v) is 17.0. The maximum atomic E-state index is 12.5. The van der Waals surface area contributed by atoms with Gasteiger partial charge in [-0.25, -0.2) is 9.64 Å². The van der Waals surface area contributed by atoms with Gasteiger partial charge in [0.2, 0.25) is 0 Å². The molecule has 2 aromatic rings. The van der Waals surface area contributed by atoms with Crippen molar-refractivity contribution in [3.63, 3.8) is 0 Å². The Kier molecular flexibility index (Phi) is 4.90. The van der Waals surface area contributed by atoms with Gasteiger partial charge in [-0.2, -0.15) is 9.94 Å². The summed E-state index contributed by atoms with van der Waals surface area (Å²) in [5.41, 5.74) is 8.34. The van der Waals surface area contributed by atoms with Crippen molar-refractivity contribution < 1.29 is 9.53 Å². The van der Waals surface area contributed by atoms with Gasteiger partial charge in [-0.05, 0) is 52.3 Å². The highest BCUT2D eigenvalue weighted by Crippen LogP contribution is 2.40. The van der Waals surface area contributed by atoms with Crippen molar-refractivity contribution in [1.82, 2.24) is 9.78 Å². The van der Waals surface area contributed by atoms with Crippen LogP contribution in [-0.4, -0.2) is 27.2 Å². The van der Waals surface area contributed by atoms with Crippen LogP contribution < -0.4 is 5.73 Å². The number of carbonyl (C=O) groups is 1. The average molecular weight is 390 g/mol. The maximum Gasteiger partial charge on any atom is 0.435 e. The van der Waals surface area contributed by atoms with Gasteiger partial charge in [0.1, 0.15) is 5.60 Å². The quantitative estimate of drug-likeness (QED) is 0.732. The van der Waals surface area contributed by atoms with Gasteiger partial charge in [0, 0.05) is 22.7 Å². The van der Waals surface area contributed by atoms with Crippen LogP contribution in [0.15, 0.2) is 34.6 Å². The molecule has 0 aliphatic carbocycles. The number of rotatable bonds is 1. The second kappa shape index (κ2) is 7.06. The largest absolute Gasteiger partial charge is 0.442 e. The summed E-state index contributed by atoms with van der Waals surface area (Å²) in [5.74, 6) is -0.835. The molecular weight excluding hydrogens is 368 g/mol. The minimum Gasteiger partial charge on any atom is -0.442 e. The van der Waals surface area contributed by atoms with Crippen LogP contribution in [-0.2, 0) is 4.74 Å². The van der Waals surface area contributed by atoms with E-state index in [4.69, 9.17) is 17.0 Å². The Morgan fingerprint density at radius 2 is 2.07 bits per heavy atom. The molecule has 148 valence electrons. The predicted octanol–water partition coefficient (Wildman–Crippen LogP) is 4.25. The van der Waals surface area contributed by atoms with Crippen LogP contribution in [0.5, 0.6) is 0 Å². The topological polar surface area (TPSA) is 111 Å². The lowest BCUT2D eigenvalue weighted by molar-refractivity contribution is 0.0523. The summed E-state index contributed by atoms with van der Waals surface area (Å²) in [4.78, 5) is 20.5. The van der Waals surface area contributed by atoms with Crippen molar-refractivity contribution >= 4 is 28.5 Å². The van der Waals surface area contributed by atoms with E-state index in [0.29, 0.717) is 28.0 Å². The van der Waals surface area contributed by atoms with E-state index in [9.17, 15) is 10.1 Å². The molecule has 2 heterocycles. The summed E-state index contributed by atoms with van der Waals surface area (Å²) in [6, 6.07) is 7.55. The van der Waals surface area contributed by atoms with E-state index in [-0.39, 0.29) is 5.82 Å². The lowest BCUT2D eigenvalue weighted by Gasteiger charge is -2.26. The van der Waals surface area contributed by atoms with Crippen molar-refractivity contribution in [1.29, 1.82) is 5.26 Å². The molecule has 1 aliphatic heterocycles. The number of hydrogen-bond donors (Lipinski definition) is 1. The van der Waals surface area contributed by atoms with Crippen LogP contribution in [0.4, 0.5) is 10.6 Å². The van der Waals surface area contributed by atoms with Crippen LogP contribution in [0.3, 0.4) is 0 Å². The minimum atomic E-state index is -0.671. The van der Waals surface area contributed by atoms with E-state index < -0.39 is 23.5 Å². The third-order valence-electron chi connectivity index (χ3n) is 4.71. The number of carbonyl (C=O) groups excluding carboxylic acids is 1. The molecule has 2 unspecified atom stereocenters. The summed E-state index contributed by atoms with van der Waals surface area (Å²) in [5, 5.41) is 14.4. The third kappa shape index (κ3) is 3.57. The Morgan fingerprint density at radius 3 is 2.66 bits per heavy atom. The number of nitrogens with two attached hydrogens (primary N) is 1. The molecule has 1 aromatic heterocycles. The van der Waals surface area contributed by atoms with Crippen LogP contribution in [0.25, 0.3) is 15.7 Å². The Hall–Kier alpha value is -3.65.